The lowest BCUT2D eigenvalue weighted by atomic mass is 10.0. The Morgan fingerprint density at radius 1 is 1.38 bits per heavy atom. The zero-order valence-corrected chi connectivity index (χ0v) is 13.3. The van der Waals surface area contributed by atoms with E-state index in [1.807, 2.05) is 11.8 Å². The second-order valence-corrected chi connectivity index (χ2v) is 7.14. The molecule has 1 N–H and O–H groups in total. The van der Waals surface area contributed by atoms with Crippen LogP contribution in [0.4, 0.5) is 0 Å². The Morgan fingerprint density at radius 3 is 2.81 bits per heavy atom. The summed E-state index contributed by atoms with van der Waals surface area (Å²) in [6.45, 7) is 4.83. The molecule has 21 heavy (non-hydrogen) atoms. The molecule has 0 saturated carbocycles. The van der Waals surface area contributed by atoms with Gasteiger partial charge in [0, 0.05) is 24.7 Å². The summed E-state index contributed by atoms with van der Waals surface area (Å²) >= 11 is 0. The van der Waals surface area contributed by atoms with Gasteiger partial charge >= 0.3 is 0 Å². The molecule has 1 aromatic rings. The number of carbonyl (C=O) groups excluding carboxylic acids is 1. The molecule has 6 heteroatoms. The van der Waals surface area contributed by atoms with Crippen LogP contribution in [0.3, 0.4) is 0 Å². The van der Waals surface area contributed by atoms with Crippen molar-refractivity contribution in [2.75, 3.05) is 13.1 Å². The van der Waals surface area contributed by atoms with Crippen LogP contribution in [0.25, 0.3) is 0 Å². The van der Waals surface area contributed by atoms with Crippen molar-refractivity contribution >= 4 is 15.9 Å². The number of hydrogen-bond donors (Lipinski definition) is 1. The molecule has 1 atom stereocenters. The highest BCUT2D eigenvalue weighted by molar-refractivity contribution is 7.89. The van der Waals surface area contributed by atoms with Gasteiger partial charge in [-0.1, -0.05) is 13.0 Å². The second-order valence-electron chi connectivity index (χ2n) is 5.37. The lowest BCUT2D eigenvalue weighted by molar-refractivity contribution is 0.0635. The summed E-state index contributed by atoms with van der Waals surface area (Å²) in [5.41, 5.74) is 0.433. The molecular formula is C15H22N2O3S. The Hall–Kier alpha value is -1.40. The van der Waals surface area contributed by atoms with E-state index in [1.165, 1.54) is 12.1 Å². The second kappa shape index (κ2) is 6.58. The van der Waals surface area contributed by atoms with Crippen LogP contribution in [0.5, 0.6) is 0 Å². The highest BCUT2D eigenvalue weighted by atomic mass is 32.2. The summed E-state index contributed by atoms with van der Waals surface area (Å²) in [6, 6.07) is 6.47. The van der Waals surface area contributed by atoms with Gasteiger partial charge in [0.15, 0.2) is 0 Å². The number of carbonyl (C=O) groups is 1. The van der Waals surface area contributed by atoms with Crippen molar-refractivity contribution in [2.45, 2.75) is 44.0 Å². The van der Waals surface area contributed by atoms with Crippen LogP contribution >= 0.6 is 0 Å². The monoisotopic (exact) mass is 310 g/mol. The number of rotatable bonds is 4. The maximum absolute atomic E-state index is 12.6. The quantitative estimate of drug-likeness (QED) is 0.925. The zero-order valence-electron chi connectivity index (χ0n) is 12.5. The van der Waals surface area contributed by atoms with Crippen molar-refractivity contribution in [1.29, 1.82) is 0 Å². The number of nitrogens with one attached hydrogen (secondary N) is 1. The third-order valence-corrected chi connectivity index (χ3v) is 5.33. The molecule has 1 amide bonds. The van der Waals surface area contributed by atoms with Gasteiger partial charge in [-0.25, -0.2) is 13.1 Å². The number of benzene rings is 1. The highest BCUT2D eigenvalue weighted by Gasteiger charge is 2.25. The molecule has 0 radical (unpaired) electrons. The fourth-order valence-corrected chi connectivity index (χ4v) is 3.72. The minimum absolute atomic E-state index is 0.0873. The molecule has 5 nitrogen and oxygen atoms in total. The van der Waals surface area contributed by atoms with Crippen molar-refractivity contribution < 1.29 is 13.2 Å². The van der Waals surface area contributed by atoms with E-state index in [9.17, 15) is 13.2 Å². The van der Waals surface area contributed by atoms with E-state index in [0.717, 1.165) is 25.8 Å². The van der Waals surface area contributed by atoms with E-state index in [4.69, 9.17) is 0 Å². The smallest absolute Gasteiger partial charge is 0.254 e. The Kier molecular flexibility index (Phi) is 5.00. The van der Waals surface area contributed by atoms with Crippen LogP contribution < -0.4 is 4.72 Å². The predicted molar refractivity (Wildman–Crippen MR) is 81.7 cm³/mol. The molecule has 116 valence electrons. The van der Waals surface area contributed by atoms with Gasteiger partial charge in [-0.15, -0.1) is 0 Å². The van der Waals surface area contributed by atoms with Crippen molar-refractivity contribution in [2.24, 2.45) is 0 Å². The maximum Gasteiger partial charge on any atom is 0.254 e. The molecule has 1 fully saturated rings. The normalized spacial score (nSPS) is 19.5. The minimum Gasteiger partial charge on any atom is -0.336 e. The van der Waals surface area contributed by atoms with Crippen molar-refractivity contribution in [3.8, 4) is 0 Å². The molecular weight excluding hydrogens is 288 g/mol. The summed E-state index contributed by atoms with van der Waals surface area (Å²) < 4.78 is 26.5. The Labute approximate surface area is 126 Å². The molecule has 2 rings (SSSR count). The summed E-state index contributed by atoms with van der Waals surface area (Å²) in [5.74, 6) is -0.0873. The fourth-order valence-electron chi connectivity index (χ4n) is 2.64. The molecule has 1 aliphatic rings. The minimum atomic E-state index is -3.53. The largest absolute Gasteiger partial charge is 0.336 e. The number of piperidine rings is 1. The molecule has 1 aliphatic heterocycles. The Balaban J connectivity index is 2.26. The first kappa shape index (κ1) is 16.0. The van der Waals surface area contributed by atoms with E-state index in [0.29, 0.717) is 12.1 Å². The summed E-state index contributed by atoms with van der Waals surface area (Å²) in [7, 11) is -3.53. The number of likely N-dealkylation sites (tertiary alicyclic amines) is 1. The fraction of sp³-hybridized carbons (Fsp3) is 0.533. The molecule has 0 aromatic heterocycles. The van der Waals surface area contributed by atoms with E-state index in [-0.39, 0.29) is 16.8 Å². The predicted octanol–water partition coefficient (Wildman–Crippen LogP) is 2.00. The number of amides is 1. The van der Waals surface area contributed by atoms with Gasteiger partial charge < -0.3 is 4.90 Å². The van der Waals surface area contributed by atoms with Crippen LogP contribution in [0.1, 0.15) is 43.5 Å². The number of nitrogens with zero attached hydrogens (tertiary/aromatic N) is 1. The average Bonchev–Trinajstić information content (AvgIpc) is 2.47. The molecule has 0 aliphatic carbocycles. The van der Waals surface area contributed by atoms with Gasteiger partial charge in [-0.05, 0) is 44.4 Å². The maximum atomic E-state index is 12.6. The Bertz CT molecular complexity index is 613. The van der Waals surface area contributed by atoms with E-state index < -0.39 is 10.0 Å². The molecule has 1 saturated heterocycles. The summed E-state index contributed by atoms with van der Waals surface area (Å²) in [6.07, 6.45) is 3.15. The topological polar surface area (TPSA) is 66.5 Å². The van der Waals surface area contributed by atoms with Gasteiger partial charge in [0.1, 0.15) is 0 Å². The third-order valence-electron chi connectivity index (χ3n) is 3.79. The van der Waals surface area contributed by atoms with Crippen molar-refractivity contribution in [3.05, 3.63) is 29.8 Å². The molecule has 0 spiro atoms. The van der Waals surface area contributed by atoms with Gasteiger partial charge in [-0.2, -0.15) is 0 Å². The molecule has 0 bridgehead atoms. The molecule has 1 aromatic carbocycles. The molecule has 1 heterocycles. The first-order valence-corrected chi connectivity index (χ1v) is 8.84. The molecule has 1 unspecified atom stereocenters. The summed E-state index contributed by atoms with van der Waals surface area (Å²) in [4.78, 5) is 14.5. The van der Waals surface area contributed by atoms with Gasteiger partial charge in [0.05, 0.1) is 4.90 Å². The highest BCUT2D eigenvalue weighted by Crippen LogP contribution is 2.20. The average molecular weight is 310 g/mol. The van der Waals surface area contributed by atoms with Crippen LogP contribution in [-0.4, -0.2) is 38.4 Å². The van der Waals surface area contributed by atoms with Gasteiger partial charge in [0.2, 0.25) is 10.0 Å². The van der Waals surface area contributed by atoms with E-state index in [2.05, 4.69) is 4.72 Å². The number of hydrogen-bond acceptors (Lipinski definition) is 3. The summed E-state index contributed by atoms with van der Waals surface area (Å²) in [5, 5.41) is 0. The van der Waals surface area contributed by atoms with E-state index >= 15 is 0 Å². The van der Waals surface area contributed by atoms with Crippen molar-refractivity contribution in [3.63, 3.8) is 0 Å². The van der Waals surface area contributed by atoms with Crippen LogP contribution in [0.15, 0.2) is 29.2 Å². The third kappa shape index (κ3) is 3.63. The standard InChI is InChI=1S/C15H22N2O3S/c1-3-16-21(19,20)14-9-6-8-13(11-14)15(18)17-10-5-4-7-12(17)2/h6,8-9,11-12,16H,3-5,7,10H2,1-2H3. The van der Waals surface area contributed by atoms with Gasteiger partial charge in [-0.3, -0.25) is 4.79 Å². The SMILES string of the molecule is CCNS(=O)(=O)c1cccc(C(=O)N2CCCCC2C)c1. The first-order chi connectivity index (χ1) is 9.95. The van der Waals surface area contributed by atoms with Gasteiger partial charge in [0.25, 0.3) is 5.91 Å². The Morgan fingerprint density at radius 2 is 2.14 bits per heavy atom. The van der Waals surface area contributed by atoms with E-state index in [1.54, 1.807) is 19.1 Å². The first-order valence-electron chi connectivity index (χ1n) is 7.36. The lowest BCUT2D eigenvalue weighted by Gasteiger charge is -2.33. The van der Waals surface area contributed by atoms with Crippen LogP contribution in [0, 0.1) is 0 Å². The van der Waals surface area contributed by atoms with Crippen LogP contribution in [-0.2, 0) is 10.0 Å². The zero-order chi connectivity index (χ0) is 15.5. The van der Waals surface area contributed by atoms with Crippen LogP contribution in [0.2, 0.25) is 0 Å². The van der Waals surface area contributed by atoms with Crippen molar-refractivity contribution in [1.82, 2.24) is 9.62 Å². The lowest BCUT2D eigenvalue weighted by Crippen LogP contribution is -2.42. The number of sulfonamides is 1.